The minimum atomic E-state index is 0.0127. The molecule has 1 unspecified atom stereocenters. The highest BCUT2D eigenvalue weighted by atomic mass is 32.1. The lowest BCUT2D eigenvalue weighted by Gasteiger charge is -1.96. The third-order valence-electron chi connectivity index (χ3n) is 1.56. The van der Waals surface area contributed by atoms with E-state index in [0.717, 1.165) is 15.7 Å². The lowest BCUT2D eigenvalue weighted by atomic mass is 10.4. The van der Waals surface area contributed by atoms with Gasteiger partial charge in [-0.3, -0.25) is 0 Å². The Balaban J connectivity index is 2.33. The van der Waals surface area contributed by atoms with Gasteiger partial charge in [0.05, 0.1) is 6.04 Å². The van der Waals surface area contributed by atoms with Crippen molar-refractivity contribution >= 4 is 22.7 Å². The molecular weight excluding hydrogens is 202 g/mol. The first kappa shape index (κ1) is 8.80. The molecule has 3 nitrogen and oxygen atoms in total. The van der Waals surface area contributed by atoms with Crippen LogP contribution >= 0.6 is 22.7 Å². The van der Waals surface area contributed by atoms with Crippen molar-refractivity contribution in [3.63, 3.8) is 0 Å². The average molecular weight is 211 g/mol. The fourth-order valence-corrected chi connectivity index (χ4v) is 2.38. The van der Waals surface area contributed by atoms with E-state index < -0.39 is 0 Å². The second kappa shape index (κ2) is 3.53. The Bertz CT molecular complexity index is 378. The molecule has 2 N–H and O–H groups in total. The Morgan fingerprint density at radius 1 is 1.46 bits per heavy atom. The normalized spacial score (nSPS) is 13.1. The van der Waals surface area contributed by atoms with Gasteiger partial charge >= 0.3 is 0 Å². The molecule has 2 heterocycles. The van der Waals surface area contributed by atoms with Gasteiger partial charge in [0.2, 0.25) is 0 Å². The quantitative estimate of drug-likeness (QED) is 0.829. The van der Waals surface area contributed by atoms with Crippen LogP contribution in [0.5, 0.6) is 0 Å². The number of nitrogens with zero attached hydrogens (tertiary/aromatic N) is 2. The van der Waals surface area contributed by atoms with Crippen molar-refractivity contribution in [2.75, 3.05) is 0 Å². The summed E-state index contributed by atoms with van der Waals surface area (Å²) in [6.45, 7) is 1.93. The molecule has 0 aliphatic carbocycles. The fourth-order valence-electron chi connectivity index (χ4n) is 0.945. The molecule has 2 rings (SSSR count). The molecule has 0 aromatic carbocycles. The van der Waals surface area contributed by atoms with Crippen molar-refractivity contribution in [1.82, 2.24) is 9.97 Å². The fraction of sp³-hybridized carbons (Fsp3) is 0.250. The average Bonchev–Trinajstić information content (AvgIpc) is 2.75. The van der Waals surface area contributed by atoms with Gasteiger partial charge in [-0.1, -0.05) is 0 Å². The Morgan fingerprint density at radius 2 is 2.31 bits per heavy atom. The highest BCUT2D eigenvalue weighted by Gasteiger charge is 2.08. The van der Waals surface area contributed by atoms with Crippen molar-refractivity contribution < 1.29 is 0 Å². The van der Waals surface area contributed by atoms with Crippen LogP contribution < -0.4 is 5.73 Å². The van der Waals surface area contributed by atoms with Crippen LogP contribution in [0.2, 0.25) is 0 Å². The van der Waals surface area contributed by atoms with E-state index in [2.05, 4.69) is 9.97 Å². The van der Waals surface area contributed by atoms with E-state index >= 15 is 0 Å². The van der Waals surface area contributed by atoms with Gasteiger partial charge in [0, 0.05) is 17.0 Å². The minimum absolute atomic E-state index is 0.0127. The second-order valence-corrected chi connectivity index (χ2v) is 4.48. The predicted molar refractivity (Wildman–Crippen MR) is 55.8 cm³/mol. The molecule has 5 heteroatoms. The van der Waals surface area contributed by atoms with Crippen molar-refractivity contribution in [1.29, 1.82) is 0 Å². The third kappa shape index (κ3) is 1.77. The number of thiazole rings is 2. The van der Waals surface area contributed by atoms with Crippen LogP contribution in [0.3, 0.4) is 0 Å². The first-order chi connectivity index (χ1) is 6.27. The van der Waals surface area contributed by atoms with Crippen LogP contribution in [0.25, 0.3) is 10.7 Å². The van der Waals surface area contributed by atoms with Crippen molar-refractivity contribution in [2.24, 2.45) is 5.73 Å². The Morgan fingerprint density at radius 3 is 2.85 bits per heavy atom. The first-order valence-corrected chi connectivity index (χ1v) is 5.64. The summed E-state index contributed by atoms with van der Waals surface area (Å²) in [7, 11) is 0. The molecule has 0 amide bonds. The van der Waals surface area contributed by atoms with Crippen molar-refractivity contribution in [3.05, 3.63) is 22.0 Å². The van der Waals surface area contributed by atoms with Crippen molar-refractivity contribution in [2.45, 2.75) is 13.0 Å². The zero-order chi connectivity index (χ0) is 9.26. The van der Waals surface area contributed by atoms with E-state index in [4.69, 9.17) is 5.73 Å². The van der Waals surface area contributed by atoms with Gasteiger partial charge in [0.25, 0.3) is 0 Å². The van der Waals surface area contributed by atoms with Gasteiger partial charge in [-0.2, -0.15) is 0 Å². The van der Waals surface area contributed by atoms with Gasteiger partial charge in [0.15, 0.2) is 0 Å². The van der Waals surface area contributed by atoms with Gasteiger partial charge in [-0.05, 0) is 6.92 Å². The number of nitrogens with two attached hydrogens (primary N) is 1. The maximum Gasteiger partial charge on any atom is 0.142 e. The summed E-state index contributed by atoms with van der Waals surface area (Å²) in [5.74, 6) is 0. The molecule has 1 atom stereocenters. The third-order valence-corrected chi connectivity index (χ3v) is 3.40. The van der Waals surface area contributed by atoms with Crippen LogP contribution in [0.15, 0.2) is 17.0 Å². The Hall–Kier alpha value is -0.780. The van der Waals surface area contributed by atoms with Crippen LogP contribution in [0, 0.1) is 0 Å². The largest absolute Gasteiger partial charge is 0.322 e. The summed E-state index contributed by atoms with van der Waals surface area (Å²) in [5.41, 5.74) is 6.65. The van der Waals surface area contributed by atoms with E-state index in [-0.39, 0.29) is 6.04 Å². The minimum Gasteiger partial charge on any atom is -0.322 e. The molecule has 13 heavy (non-hydrogen) atoms. The van der Waals surface area contributed by atoms with E-state index in [1.165, 1.54) is 0 Å². The van der Waals surface area contributed by atoms with Crippen LogP contribution in [-0.4, -0.2) is 9.97 Å². The summed E-state index contributed by atoms with van der Waals surface area (Å²) < 4.78 is 0. The SMILES string of the molecule is CC(N)c1nc(-c2nccs2)cs1. The summed E-state index contributed by atoms with van der Waals surface area (Å²) in [6, 6.07) is 0.0127. The van der Waals surface area contributed by atoms with Gasteiger partial charge in [-0.15, -0.1) is 22.7 Å². The monoisotopic (exact) mass is 211 g/mol. The Labute approximate surface area is 84.3 Å². The van der Waals surface area contributed by atoms with Gasteiger partial charge < -0.3 is 5.73 Å². The standard InChI is InChI=1S/C8H9N3S2/c1-5(9)7-11-6(4-13-7)8-10-2-3-12-8/h2-5H,9H2,1H3. The maximum atomic E-state index is 5.71. The first-order valence-electron chi connectivity index (χ1n) is 3.88. The number of rotatable bonds is 2. The van der Waals surface area contributed by atoms with E-state index in [0.29, 0.717) is 0 Å². The topological polar surface area (TPSA) is 51.8 Å². The molecule has 0 radical (unpaired) electrons. The zero-order valence-corrected chi connectivity index (χ0v) is 8.73. The number of hydrogen-bond donors (Lipinski definition) is 1. The molecule has 0 aliphatic rings. The lowest BCUT2D eigenvalue weighted by molar-refractivity contribution is 0.808. The summed E-state index contributed by atoms with van der Waals surface area (Å²) in [6.07, 6.45) is 1.78. The second-order valence-electron chi connectivity index (χ2n) is 2.70. The molecule has 2 aromatic rings. The molecule has 0 saturated carbocycles. The smallest absolute Gasteiger partial charge is 0.142 e. The molecule has 0 aliphatic heterocycles. The maximum absolute atomic E-state index is 5.71. The van der Waals surface area contributed by atoms with Gasteiger partial charge in [0.1, 0.15) is 15.7 Å². The summed E-state index contributed by atoms with van der Waals surface area (Å²) in [5, 5.41) is 5.87. The highest BCUT2D eigenvalue weighted by Crippen LogP contribution is 2.25. The number of hydrogen-bond acceptors (Lipinski definition) is 5. The van der Waals surface area contributed by atoms with Crippen LogP contribution in [0.4, 0.5) is 0 Å². The van der Waals surface area contributed by atoms with E-state index in [1.54, 1.807) is 28.9 Å². The summed E-state index contributed by atoms with van der Waals surface area (Å²) >= 11 is 3.18. The molecule has 68 valence electrons. The summed E-state index contributed by atoms with van der Waals surface area (Å²) in [4.78, 5) is 8.57. The predicted octanol–water partition coefficient (Wildman–Crippen LogP) is 2.29. The molecule has 0 fully saturated rings. The van der Waals surface area contributed by atoms with E-state index in [9.17, 15) is 0 Å². The Kier molecular flexibility index (Phi) is 2.39. The zero-order valence-electron chi connectivity index (χ0n) is 7.10. The molecular formula is C8H9N3S2. The van der Waals surface area contributed by atoms with Crippen LogP contribution in [0.1, 0.15) is 18.0 Å². The molecule has 2 aromatic heterocycles. The van der Waals surface area contributed by atoms with Gasteiger partial charge in [-0.25, -0.2) is 9.97 Å². The molecule has 0 bridgehead atoms. The van der Waals surface area contributed by atoms with Crippen molar-refractivity contribution in [3.8, 4) is 10.7 Å². The highest BCUT2D eigenvalue weighted by molar-refractivity contribution is 7.14. The lowest BCUT2D eigenvalue weighted by Crippen LogP contribution is -2.03. The molecule has 0 spiro atoms. The molecule has 0 saturated heterocycles. The number of aromatic nitrogens is 2. The van der Waals surface area contributed by atoms with E-state index in [1.807, 2.05) is 17.7 Å². The van der Waals surface area contributed by atoms with Crippen LogP contribution in [-0.2, 0) is 0 Å².